The van der Waals surface area contributed by atoms with Gasteiger partial charge in [-0.1, -0.05) is 337 Å². The summed E-state index contributed by atoms with van der Waals surface area (Å²) in [6.07, 6.45) is 0. The Hall–Kier alpha value is -17.5. The summed E-state index contributed by atoms with van der Waals surface area (Å²) in [5.74, 6) is 0. The van der Waals surface area contributed by atoms with E-state index in [-0.39, 0.29) is 10.8 Å². The Kier molecular flexibility index (Phi) is 20.5. The molecule has 0 atom stereocenters. The number of thiophene rings is 3. The van der Waals surface area contributed by atoms with Gasteiger partial charge in [0.05, 0.1) is 16.8 Å². The van der Waals surface area contributed by atoms with Crippen LogP contribution in [-0.2, 0) is 10.8 Å². The van der Waals surface area contributed by atoms with Gasteiger partial charge in [0.2, 0.25) is 0 Å². The molecule has 2 aliphatic rings. The quantitative estimate of drug-likeness (QED) is 0.115. The van der Waals surface area contributed by atoms with Crippen molar-refractivity contribution in [2.24, 2.45) is 0 Å². The Morgan fingerprint density at radius 3 is 1.39 bits per heavy atom. The lowest BCUT2D eigenvalue weighted by Gasteiger charge is -2.29. The van der Waals surface area contributed by atoms with Crippen LogP contribution in [0.4, 0.5) is 51.2 Å². The van der Waals surface area contributed by atoms with Crippen LogP contribution in [0.5, 0.6) is 0 Å². The molecule has 0 unspecified atom stereocenters. The van der Waals surface area contributed by atoms with Crippen molar-refractivity contribution < 1.29 is 8.83 Å². The highest BCUT2D eigenvalue weighted by Gasteiger charge is 2.39. The largest absolute Gasteiger partial charge is 0.456 e. The van der Waals surface area contributed by atoms with Crippen LogP contribution in [0.1, 0.15) is 49.9 Å². The van der Waals surface area contributed by atoms with Gasteiger partial charge in [-0.25, -0.2) is 0 Å². The third kappa shape index (κ3) is 14.3. The second-order valence-corrected chi connectivity index (χ2v) is 42.8. The highest BCUT2D eigenvalue weighted by molar-refractivity contribution is 7.27. The van der Waals surface area contributed by atoms with Gasteiger partial charge in [0.15, 0.2) is 0 Å². The zero-order valence-corrected chi connectivity index (χ0v) is 83.1. The maximum atomic E-state index is 7.09. The molecule has 0 aliphatic heterocycles. The van der Waals surface area contributed by atoms with Crippen molar-refractivity contribution in [3.05, 3.63) is 514 Å². The number of para-hydroxylation sites is 6. The smallest absolute Gasteiger partial charge is 0.145 e. The molecular weight excluding hydrogens is 1830 g/mol. The molecular formula is C138H93N3O2S3. The van der Waals surface area contributed by atoms with E-state index < -0.39 is 0 Å². The topological polar surface area (TPSA) is 36.0 Å². The molecule has 0 bridgehead atoms. The first-order valence-corrected chi connectivity index (χ1v) is 52.6. The summed E-state index contributed by atoms with van der Waals surface area (Å²) in [5.41, 5.74) is 34.2. The van der Waals surface area contributed by atoms with Crippen LogP contribution in [0.3, 0.4) is 0 Å². The summed E-state index contributed by atoms with van der Waals surface area (Å²) in [6, 6.07) is 179. The standard InChI is InChI=1S/C55H37NOS.C43H31NS.C40H25NOS/c1-55(2)45-21-11-8-18-40(45)41-29-28-38(33-46(41)55)56(37-26-24-35(25-27-37)34-14-4-3-5-15-34)47-31-30-44(54-52(47)42-19-9-12-22-48(42)57-54)51-39-17-7-6-16-36(39)32-50-53(51)43-20-10-13-23-49(43)58-50;1-43(2)37-20-10-9-18-33(37)35-25-28-13-11-19-32(34(28)27-38(35)43)29-23-24-40-36(26-29)42-39(21-12-22-41(42)45-40)44(30-14-5-3-6-15-30)31-16-7-4-8-17-31;1-3-11-29(12-4-1)41(30-13-5-2-6-14-30)31-24-34(40-36(25-31)33-16-8-10-18-39(33)43-40)27-20-19-26-22-35-32-15-7-9-17-37(32)42-38(35)23-28(26)21-27/h3-33H,1-2H3;3-27H,1-2H3;1-25H. The van der Waals surface area contributed by atoms with Crippen molar-refractivity contribution in [1.82, 2.24) is 0 Å². The van der Waals surface area contributed by atoms with Crippen LogP contribution in [0.2, 0.25) is 0 Å². The third-order valence-electron chi connectivity index (χ3n) is 30.5. The highest BCUT2D eigenvalue weighted by atomic mass is 32.1. The molecule has 0 spiro atoms. The molecule has 8 heteroatoms. The van der Waals surface area contributed by atoms with Crippen LogP contribution in [-0.4, -0.2) is 0 Å². The first-order valence-electron chi connectivity index (χ1n) is 50.1. The van der Waals surface area contributed by atoms with Crippen LogP contribution in [0.15, 0.2) is 500 Å². The lowest BCUT2D eigenvalue weighted by atomic mass is 9.81. The van der Waals surface area contributed by atoms with E-state index in [1.165, 1.54) is 182 Å². The monoisotopic (exact) mass is 1920 g/mol. The number of hydrogen-bond acceptors (Lipinski definition) is 8. The fourth-order valence-electron chi connectivity index (χ4n) is 23.6. The summed E-state index contributed by atoms with van der Waals surface area (Å²) in [5, 5.41) is 19.7. The maximum absolute atomic E-state index is 7.09. The maximum Gasteiger partial charge on any atom is 0.145 e. The van der Waals surface area contributed by atoms with Crippen molar-refractivity contribution in [3.63, 3.8) is 0 Å². The number of anilines is 9. The number of hydrogen-bond donors (Lipinski definition) is 0. The van der Waals surface area contributed by atoms with Crippen LogP contribution in [0, 0.1) is 0 Å². The van der Waals surface area contributed by atoms with Gasteiger partial charge in [-0.15, -0.1) is 34.0 Å². The third-order valence-corrected chi connectivity index (χ3v) is 34.0. The van der Waals surface area contributed by atoms with E-state index in [2.05, 4.69) is 522 Å². The van der Waals surface area contributed by atoms with E-state index in [1.54, 1.807) is 0 Å². The van der Waals surface area contributed by atoms with Crippen LogP contribution >= 0.6 is 34.0 Å². The first-order chi connectivity index (χ1) is 71.9. The van der Waals surface area contributed by atoms with Gasteiger partial charge in [-0.2, -0.15) is 0 Å². The van der Waals surface area contributed by atoms with Gasteiger partial charge in [0.25, 0.3) is 0 Å². The van der Waals surface area contributed by atoms with Gasteiger partial charge in [0, 0.05) is 144 Å². The lowest BCUT2D eigenvalue weighted by Crippen LogP contribution is -2.16. The van der Waals surface area contributed by atoms with E-state index in [0.29, 0.717) is 0 Å². The average molecular weight is 1920 g/mol. The second-order valence-electron chi connectivity index (χ2n) is 39.6. The van der Waals surface area contributed by atoms with Crippen molar-refractivity contribution in [2.75, 3.05) is 14.7 Å². The summed E-state index contributed by atoms with van der Waals surface area (Å²) in [6.45, 7) is 9.44. The second kappa shape index (κ2) is 34.7. The zero-order chi connectivity index (χ0) is 97.0. The summed E-state index contributed by atoms with van der Waals surface area (Å²) in [7, 11) is 0. The molecule has 0 radical (unpaired) electrons. The van der Waals surface area contributed by atoms with E-state index in [9.17, 15) is 0 Å². The van der Waals surface area contributed by atoms with Gasteiger partial charge < -0.3 is 23.5 Å². The molecule has 28 aromatic rings. The molecule has 690 valence electrons. The lowest BCUT2D eigenvalue weighted by molar-refractivity contribution is 0.660. The van der Waals surface area contributed by atoms with E-state index in [1.807, 2.05) is 46.1 Å². The zero-order valence-electron chi connectivity index (χ0n) is 80.6. The molecule has 146 heavy (non-hydrogen) atoms. The van der Waals surface area contributed by atoms with Gasteiger partial charge >= 0.3 is 0 Å². The number of rotatable bonds is 13. The van der Waals surface area contributed by atoms with Crippen LogP contribution < -0.4 is 14.7 Å². The van der Waals surface area contributed by atoms with E-state index in [4.69, 9.17) is 8.83 Å². The summed E-state index contributed by atoms with van der Waals surface area (Å²) >= 11 is 5.61. The Morgan fingerprint density at radius 1 is 0.192 bits per heavy atom. The van der Waals surface area contributed by atoms with Crippen molar-refractivity contribution >= 4 is 222 Å². The normalized spacial score (nSPS) is 12.8. The fraction of sp³-hybridized carbons (Fsp3) is 0.0435. The van der Waals surface area contributed by atoms with Crippen molar-refractivity contribution in [1.29, 1.82) is 0 Å². The fourth-order valence-corrected chi connectivity index (χ4v) is 27.1. The van der Waals surface area contributed by atoms with Crippen molar-refractivity contribution in [3.8, 4) is 66.8 Å². The molecule has 5 heterocycles. The first kappa shape index (κ1) is 86.4. The summed E-state index contributed by atoms with van der Waals surface area (Å²) in [4.78, 5) is 7.19. The molecule has 0 saturated carbocycles. The Balaban J connectivity index is 0.000000108. The minimum atomic E-state index is -0.144. The SMILES string of the molecule is CC1(C)c2ccccc2-c2cc3cccc(-c4ccc5sc6cccc(N(c7ccccc7)c7ccccc7)c6c5c4)c3cc21.CC1(C)c2ccccc2-c2ccc(N(c3ccc(-c4ccccc4)cc3)c3ccc(-c4c5ccccc5cc5sc6ccccc6c45)c4oc5ccccc5c34)cc21.c1ccc(N(c2ccccc2)c2cc(-c3ccc4cc5c(cc4c3)oc3ccccc35)c3sc4ccccc4c3c2)cc1. The molecule has 0 N–H and O–H groups in total. The molecule has 5 aromatic heterocycles. The molecule has 30 rings (SSSR count). The van der Waals surface area contributed by atoms with E-state index >= 15 is 0 Å². The number of benzene rings is 23. The summed E-state index contributed by atoms with van der Waals surface area (Å²) < 4.78 is 21.1. The molecule has 2 aliphatic carbocycles. The predicted molar refractivity (Wildman–Crippen MR) is 626 cm³/mol. The molecule has 0 amide bonds. The van der Waals surface area contributed by atoms with Gasteiger partial charge in [-0.3, -0.25) is 0 Å². The Bertz CT molecular complexity index is 10000. The Morgan fingerprint density at radius 2 is 0.678 bits per heavy atom. The number of furan rings is 2. The number of fused-ring (bicyclic) bond motifs is 24. The molecule has 0 fully saturated rings. The van der Waals surface area contributed by atoms with Gasteiger partial charge in [0.1, 0.15) is 22.3 Å². The van der Waals surface area contributed by atoms with Gasteiger partial charge in [-0.05, 0) is 287 Å². The van der Waals surface area contributed by atoms with E-state index in [0.717, 1.165) is 94.9 Å². The minimum Gasteiger partial charge on any atom is -0.456 e. The molecule has 5 nitrogen and oxygen atoms in total. The number of nitrogens with zero attached hydrogens (tertiary/aromatic N) is 3. The molecule has 0 saturated heterocycles. The van der Waals surface area contributed by atoms with Crippen LogP contribution in [0.25, 0.3) is 203 Å². The Labute approximate surface area is 857 Å². The average Bonchev–Trinajstić information content (AvgIpc) is 1.52. The minimum absolute atomic E-state index is 0.0338. The van der Waals surface area contributed by atoms with Crippen molar-refractivity contribution in [2.45, 2.75) is 38.5 Å². The highest BCUT2D eigenvalue weighted by Crippen LogP contribution is 2.58. The molecule has 23 aromatic carbocycles. The predicted octanol–water partition coefficient (Wildman–Crippen LogP) is 41.1.